The zero-order valence-corrected chi connectivity index (χ0v) is 15.0. The Kier molecular flexibility index (Phi) is 4.81. The summed E-state index contributed by atoms with van der Waals surface area (Å²) in [6.45, 7) is 6.67. The number of hydrogen-bond donors (Lipinski definition) is 2. The molecule has 0 aromatic carbocycles. The van der Waals surface area contributed by atoms with Crippen LogP contribution in [0, 0.1) is 0 Å². The molecule has 1 fully saturated rings. The van der Waals surface area contributed by atoms with Gasteiger partial charge in [-0.05, 0) is 13.5 Å². The van der Waals surface area contributed by atoms with E-state index in [1.807, 2.05) is 7.05 Å². The van der Waals surface area contributed by atoms with Gasteiger partial charge in [0.15, 0.2) is 0 Å². The van der Waals surface area contributed by atoms with E-state index in [2.05, 4.69) is 43.0 Å². The van der Waals surface area contributed by atoms with Crippen LogP contribution in [-0.4, -0.2) is 50.4 Å². The smallest absolute Gasteiger partial charge is 0.252 e. The van der Waals surface area contributed by atoms with Crippen LogP contribution in [0.25, 0.3) is 0 Å². The van der Waals surface area contributed by atoms with E-state index in [4.69, 9.17) is 5.73 Å². The molecule has 1 atom stereocenters. The van der Waals surface area contributed by atoms with Crippen molar-refractivity contribution in [3.05, 3.63) is 27.9 Å². The lowest BCUT2D eigenvalue weighted by Crippen LogP contribution is -2.34. The summed E-state index contributed by atoms with van der Waals surface area (Å²) in [5.74, 6) is 1.42. The van der Waals surface area contributed by atoms with Crippen LogP contribution >= 0.6 is 11.5 Å². The van der Waals surface area contributed by atoms with Crippen molar-refractivity contribution in [2.75, 3.05) is 30.8 Å². The minimum absolute atomic E-state index is 0.161. The molecule has 3 rings (SSSR count). The number of hydrogen-bond acceptors (Lipinski definition) is 8. The van der Waals surface area contributed by atoms with Gasteiger partial charge in [-0.1, -0.05) is 13.8 Å². The summed E-state index contributed by atoms with van der Waals surface area (Å²) in [7, 11) is 2.05. The lowest BCUT2D eigenvalue weighted by atomic mass is 10.2. The molecule has 0 bridgehead atoms. The largest absolute Gasteiger partial charge is 0.369 e. The molecule has 2 aromatic heterocycles. The molecule has 130 valence electrons. The number of nitrogens with zero attached hydrogens (tertiary/aromatic N) is 5. The van der Waals surface area contributed by atoms with Crippen molar-refractivity contribution in [1.82, 2.24) is 24.2 Å². The Balaban J connectivity index is 1.62. The molecule has 2 aromatic rings. The number of nitrogen functional groups attached to an aromatic ring is 1. The van der Waals surface area contributed by atoms with Gasteiger partial charge in [0.1, 0.15) is 5.82 Å². The SMILES string of the molecule is CC(C)c1nsc(N2CC[C@@H](N(C)Cc3cc(=O)[nH]c(N)n3)C2)n1. The fraction of sp³-hybridized carbons (Fsp3) is 0.600. The van der Waals surface area contributed by atoms with Crippen molar-refractivity contribution >= 4 is 22.6 Å². The Morgan fingerprint density at radius 3 is 2.96 bits per heavy atom. The number of aromatic amines is 1. The maximum atomic E-state index is 11.5. The summed E-state index contributed by atoms with van der Waals surface area (Å²) < 4.78 is 4.43. The fourth-order valence-corrected chi connectivity index (χ4v) is 3.70. The van der Waals surface area contributed by atoms with Crippen LogP contribution in [0.1, 0.15) is 37.7 Å². The van der Waals surface area contributed by atoms with Gasteiger partial charge in [-0.25, -0.2) is 9.97 Å². The van der Waals surface area contributed by atoms with Gasteiger partial charge < -0.3 is 10.6 Å². The van der Waals surface area contributed by atoms with Crippen LogP contribution in [-0.2, 0) is 6.54 Å². The van der Waals surface area contributed by atoms with Gasteiger partial charge in [0.2, 0.25) is 11.1 Å². The fourth-order valence-electron chi connectivity index (χ4n) is 2.86. The molecule has 3 heterocycles. The van der Waals surface area contributed by atoms with Gasteiger partial charge >= 0.3 is 0 Å². The van der Waals surface area contributed by atoms with E-state index in [0.717, 1.165) is 30.5 Å². The van der Waals surface area contributed by atoms with E-state index < -0.39 is 0 Å². The number of aromatic nitrogens is 4. The molecule has 0 spiro atoms. The number of nitrogens with two attached hydrogens (primary N) is 1. The average Bonchev–Trinajstić information content (AvgIpc) is 3.15. The van der Waals surface area contributed by atoms with Crippen molar-refractivity contribution in [3.63, 3.8) is 0 Å². The average molecular weight is 349 g/mol. The molecule has 9 heteroatoms. The molecular formula is C15H23N7OS. The Hall–Kier alpha value is -2.00. The van der Waals surface area contributed by atoms with E-state index >= 15 is 0 Å². The lowest BCUT2D eigenvalue weighted by Gasteiger charge is -2.24. The maximum Gasteiger partial charge on any atom is 0.252 e. The normalized spacial score (nSPS) is 18.0. The quantitative estimate of drug-likeness (QED) is 0.831. The Labute approximate surface area is 144 Å². The van der Waals surface area contributed by atoms with E-state index in [1.165, 1.54) is 17.6 Å². The van der Waals surface area contributed by atoms with Crippen molar-refractivity contribution in [2.45, 2.75) is 38.8 Å². The van der Waals surface area contributed by atoms with Crippen LogP contribution in [0.5, 0.6) is 0 Å². The molecule has 0 unspecified atom stereocenters. The van der Waals surface area contributed by atoms with E-state index in [9.17, 15) is 4.79 Å². The van der Waals surface area contributed by atoms with Crippen molar-refractivity contribution in [2.24, 2.45) is 0 Å². The van der Waals surface area contributed by atoms with Gasteiger partial charge in [0.25, 0.3) is 5.56 Å². The molecular weight excluding hydrogens is 326 g/mol. The highest BCUT2D eigenvalue weighted by Crippen LogP contribution is 2.26. The first kappa shape index (κ1) is 16.8. The molecule has 0 aliphatic carbocycles. The zero-order valence-electron chi connectivity index (χ0n) is 14.2. The molecule has 3 N–H and O–H groups in total. The molecule has 1 aliphatic heterocycles. The van der Waals surface area contributed by atoms with E-state index in [1.54, 1.807) is 0 Å². The summed E-state index contributed by atoms with van der Waals surface area (Å²) in [4.78, 5) is 27.3. The van der Waals surface area contributed by atoms with Gasteiger partial charge in [0, 0.05) is 49.2 Å². The minimum Gasteiger partial charge on any atom is -0.369 e. The van der Waals surface area contributed by atoms with Gasteiger partial charge in [-0.3, -0.25) is 14.7 Å². The maximum absolute atomic E-state index is 11.5. The number of anilines is 2. The Morgan fingerprint density at radius 2 is 2.29 bits per heavy atom. The van der Waals surface area contributed by atoms with Gasteiger partial charge in [-0.2, -0.15) is 4.37 Å². The third-order valence-corrected chi connectivity index (χ3v) is 5.02. The van der Waals surface area contributed by atoms with Crippen LogP contribution < -0.4 is 16.2 Å². The molecule has 1 saturated heterocycles. The second kappa shape index (κ2) is 6.86. The molecule has 0 amide bonds. The topological polar surface area (TPSA) is 104 Å². The number of nitrogens with one attached hydrogen (secondary N) is 1. The highest BCUT2D eigenvalue weighted by atomic mass is 32.1. The van der Waals surface area contributed by atoms with Crippen LogP contribution in [0.2, 0.25) is 0 Å². The third kappa shape index (κ3) is 3.73. The van der Waals surface area contributed by atoms with Crippen molar-refractivity contribution < 1.29 is 0 Å². The predicted octanol–water partition coefficient (Wildman–Crippen LogP) is 1.04. The van der Waals surface area contributed by atoms with E-state index in [-0.39, 0.29) is 11.5 Å². The van der Waals surface area contributed by atoms with E-state index in [0.29, 0.717) is 24.2 Å². The summed E-state index contributed by atoms with van der Waals surface area (Å²) in [6.07, 6.45) is 1.05. The van der Waals surface area contributed by atoms with Crippen LogP contribution in [0.3, 0.4) is 0 Å². The minimum atomic E-state index is -0.214. The first-order valence-electron chi connectivity index (χ1n) is 8.07. The molecule has 24 heavy (non-hydrogen) atoms. The summed E-state index contributed by atoms with van der Waals surface area (Å²) in [6, 6.07) is 1.89. The Bertz CT molecular complexity index is 756. The zero-order chi connectivity index (χ0) is 17.3. The Morgan fingerprint density at radius 1 is 1.50 bits per heavy atom. The first-order valence-corrected chi connectivity index (χ1v) is 8.84. The predicted molar refractivity (Wildman–Crippen MR) is 95.4 cm³/mol. The third-order valence-electron chi connectivity index (χ3n) is 4.23. The van der Waals surface area contributed by atoms with Crippen molar-refractivity contribution in [3.8, 4) is 0 Å². The highest BCUT2D eigenvalue weighted by Gasteiger charge is 2.28. The molecule has 0 saturated carbocycles. The van der Waals surface area contributed by atoms with Gasteiger partial charge in [-0.15, -0.1) is 0 Å². The second-order valence-corrected chi connectivity index (χ2v) is 7.25. The van der Waals surface area contributed by atoms with Crippen molar-refractivity contribution in [1.29, 1.82) is 0 Å². The standard InChI is InChI=1S/C15H23N7OS/c1-9(2)13-19-15(24-20-13)22-5-4-11(8-22)21(3)7-10-6-12(23)18-14(16)17-10/h6,9,11H,4-5,7-8H2,1-3H3,(H3,16,17,18,23)/t11-/m1/s1. The lowest BCUT2D eigenvalue weighted by molar-refractivity contribution is 0.247. The number of H-pyrrole nitrogens is 1. The first-order chi connectivity index (χ1) is 11.4. The summed E-state index contributed by atoms with van der Waals surface area (Å²) >= 11 is 1.47. The van der Waals surface area contributed by atoms with Crippen LogP contribution in [0.15, 0.2) is 10.9 Å². The van der Waals surface area contributed by atoms with Gasteiger partial charge in [0.05, 0.1) is 5.69 Å². The molecule has 8 nitrogen and oxygen atoms in total. The molecule has 1 aliphatic rings. The van der Waals surface area contributed by atoms with Crippen LogP contribution in [0.4, 0.5) is 11.1 Å². The number of rotatable bonds is 5. The summed E-state index contributed by atoms with van der Waals surface area (Å²) in [5.41, 5.74) is 6.08. The monoisotopic (exact) mass is 349 g/mol. The number of likely N-dealkylation sites (N-methyl/N-ethyl adjacent to an activating group) is 1. The molecule has 0 radical (unpaired) electrons. The second-order valence-electron chi connectivity index (χ2n) is 6.52. The summed E-state index contributed by atoms with van der Waals surface area (Å²) in [5, 5.41) is 0.994. The highest BCUT2D eigenvalue weighted by molar-refractivity contribution is 7.09.